The minimum Gasteiger partial charge on any atom is -0.348 e. The Kier molecular flexibility index (Phi) is 7.02. The lowest BCUT2D eigenvalue weighted by atomic mass is 9.99. The molecule has 0 saturated heterocycles. The van der Waals surface area contributed by atoms with Crippen molar-refractivity contribution in [3.05, 3.63) is 107 Å². The number of carbonyl (C=O) groups excluding carboxylic acids is 1. The van der Waals surface area contributed by atoms with E-state index in [1.165, 1.54) is 28.5 Å². The molecule has 0 radical (unpaired) electrons. The van der Waals surface area contributed by atoms with E-state index in [1.807, 2.05) is 47.0 Å². The third-order valence-corrected chi connectivity index (χ3v) is 6.38. The standard InChI is InChI=1S/C26H26N4OS/c1-19-13-14-23(15-20(19)2)30-18-27-29-26(30)32-17-25(31)28-24(22-11-7-4-8-12-22)16-21-9-5-3-6-10-21/h3-15,18,24H,16-17H2,1-2H3,(H,28,31)/t24-/m0/s1. The monoisotopic (exact) mass is 442 g/mol. The molecule has 0 unspecified atom stereocenters. The quantitative estimate of drug-likeness (QED) is 0.387. The average molecular weight is 443 g/mol. The van der Waals surface area contributed by atoms with Crippen molar-refractivity contribution in [1.82, 2.24) is 20.1 Å². The maximum Gasteiger partial charge on any atom is 0.230 e. The Labute approximate surface area is 192 Å². The third-order valence-electron chi connectivity index (χ3n) is 5.44. The van der Waals surface area contributed by atoms with Crippen molar-refractivity contribution in [2.75, 3.05) is 5.75 Å². The summed E-state index contributed by atoms with van der Waals surface area (Å²) in [7, 11) is 0. The van der Waals surface area contributed by atoms with Crippen LogP contribution >= 0.6 is 11.8 Å². The van der Waals surface area contributed by atoms with Gasteiger partial charge in [-0.05, 0) is 54.7 Å². The summed E-state index contributed by atoms with van der Waals surface area (Å²) >= 11 is 1.39. The van der Waals surface area contributed by atoms with Gasteiger partial charge in [0.15, 0.2) is 5.16 Å². The molecule has 1 amide bonds. The topological polar surface area (TPSA) is 59.8 Å². The van der Waals surface area contributed by atoms with E-state index in [1.54, 1.807) is 6.33 Å². The van der Waals surface area contributed by atoms with E-state index >= 15 is 0 Å². The molecule has 32 heavy (non-hydrogen) atoms. The number of hydrogen-bond acceptors (Lipinski definition) is 4. The Morgan fingerprint density at radius 1 is 0.969 bits per heavy atom. The van der Waals surface area contributed by atoms with Crippen LogP contribution in [0.15, 0.2) is 90.3 Å². The zero-order chi connectivity index (χ0) is 22.3. The molecule has 0 aliphatic rings. The minimum atomic E-state index is -0.0932. The fourth-order valence-electron chi connectivity index (χ4n) is 3.53. The van der Waals surface area contributed by atoms with Gasteiger partial charge in [0.2, 0.25) is 5.91 Å². The summed E-state index contributed by atoms with van der Waals surface area (Å²) in [4.78, 5) is 12.9. The zero-order valence-corrected chi connectivity index (χ0v) is 19.0. The largest absolute Gasteiger partial charge is 0.348 e. The molecule has 1 heterocycles. The molecule has 6 heteroatoms. The molecule has 0 fully saturated rings. The molecule has 162 valence electrons. The summed E-state index contributed by atoms with van der Waals surface area (Å²) < 4.78 is 1.92. The van der Waals surface area contributed by atoms with Crippen molar-refractivity contribution < 1.29 is 4.79 Å². The summed E-state index contributed by atoms with van der Waals surface area (Å²) in [5, 5.41) is 12.2. The number of amides is 1. The van der Waals surface area contributed by atoms with Crippen molar-refractivity contribution >= 4 is 17.7 Å². The normalized spacial score (nSPS) is 11.8. The van der Waals surface area contributed by atoms with E-state index in [2.05, 4.69) is 65.8 Å². The highest BCUT2D eigenvalue weighted by atomic mass is 32.2. The molecule has 0 spiro atoms. The van der Waals surface area contributed by atoms with Gasteiger partial charge in [-0.1, -0.05) is 78.5 Å². The zero-order valence-electron chi connectivity index (χ0n) is 18.2. The van der Waals surface area contributed by atoms with Crippen LogP contribution in [0.1, 0.15) is 28.3 Å². The maximum absolute atomic E-state index is 12.9. The summed E-state index contributed by atoms with van der Waals surface area (Å²) in [6, 6.07) is 26.5. The van der Waals surface area contributed by atoms with Crippen LogP contribution in [0.25, 0.3) is 5.69 Å². The highest BCUT2D eigenvalue weighted by Gasteiger charge is 2.17. The molecular formula is C26H26N4OS. The number of nitrogens with one attached hydrogen (secondary N) is 1. The first-order valence-electron chi connectivity index (χ1n) is 10.6. The van der Waals surface area contributed by atoms with Gasteiger partial charge >= 0.3 is 0 Å². The number of hydrogen-bond donors (Lipinski definition) is 1. The number of thioether (sulfide) groups is 1. The lowest BCUT2D eigenvalue weighted by molar-refractivity contribution is -0.119. The number of carbonyl (C=O) groups is 1. The molecule has 0 aliphatic carbocycles. The van der Waals surface area contributed by atoms with Crippen LogP contribution in [0.4, 0.5) is 0 Å². The van der Waals surface area contributed by atoms with Crippen LogP contribution in [0.3, 0.4) is 0 Å². The number of rotatable bonds is 8. The van der Waals surface area contributed by atoms with Crippen molar-refractivity contribution in [2.45, 2.75) is 31.5 Å². The van der Waals surface area contributed by atoms with Gasteiger partial charge in [0.05, 0.1) is 11.8 Å². The molecule has 0 saturated carbocycles. The summed E-state index contributed by atoms with van der Waals surface area (Å²) in [5.74, 6) is 0.233. The highest BCUT2D eigenvalue weighted by Crippen LogP contribution is 2.23. The molecule has 0 aliphatic heterocycles. The van der Waals surface area contributed by atoms with Crippen LogP contribution in [-0.2, 0) is 11.2 Å². The lowest BCUT2D eigenvalue weighted by Crippen LogP contribution is -2.31. The van der Waals surface area contributed by atoms with Gasteiger partial charge in [-0.3, -0.25) is 9.36 Å². The van der Waals surface area contributed by atoms with Crippen molar-refractivity contribution in [2.24, 2.45) is 0 Å². The van der Waals surface area contributed by atoms with E-state index in [0.717, 1.165) is 17.7 Å². The van der Waals surface area contributed by atoms with Gasteiger partial charge in [-0.25, -0.2) is 0 Å². The van der Waals surface area contributed by atoms with E-state index < -0.39 is 0 Å². The molecule has 4 rings (SSSR count). The van der Waals surface area contributed by atoms with Crippen LogP contribution in [0.5, 0.6) is 0 Å². The number of benzene rings is 3. The van der Waals surface area contributed by atoms with E-state index in [9.17, 15) is 4.79 Å². The molecular weight excluding hydrogens is 416 g/mol. The summed E-state index contributed by atoms with van der Waals surface area (Å²) in [6.45, 7) is 4.17. The molecule has 4 aromatic rings. The Bertz CT molecular complexity index is 1170. The fraction of sp³-hybridized carbons (Fsp3) is 0.192. The van der Waals surface area contributed by atoms with Crippen LogP contribution in [0.2, 0.25) is 0 Å². The summed E-state index contributed by atoms with van der Waals surface area (Å²) in [6.07, 6.45) is 2.42. The summed E-state index contributed by atoms with van der Waals surface area (Å²) in [5.41, 5.74) is 5.71. The van der Waals surface area contributed by atoms with Gasteiger partial charge in [0.25, 0.3) is 0 Å². The average Bonchev–Trinajstić information content (AvgIpc) is 3.29. The van der Waals surface area contributed by atoms with Crippen LogP contribution in [-0.4, -0.2) is 26.4 Å². The molecule has 3 aromatic carbocycles. The SMILES string of the molecule is Cc1ccc(-n2cnnc2SCC(=O)N[C@@H](Cc2ccccc2)c2ccccc2)cc1C. The Hall–Kier alpha value is -3.38. The molecule has 5 nitrogen and oxygen atoms in total. The molecule has 1 aromatic heterocycles. The first kappa shape index (κ1) is 21.8. The van der Waals surface area contributed by atoms with Crippen molar-refractivity contribution in [1.29, 1.82) is 0 Å². The minimum absolute atomic E-state index is 0.0329. The van der Waals surface area contributed by atoms with Crippen molar-refractivity contribution in [3.8, 4) is 5.69 Å². The van der Waals surface area contributed by atoms with Crippen LogP contribution in [0, 0.1) is 13.8 Å². The molecule has 0 bridgehead atoms. The Balaban J connectivity index is 1.44. The maximum atomic E-state index is 12.9. The molecule has 1 atom stereocenters. The number of aryl methyl sites for hydroxylation is 2. The van der Waals surface area contributed by atoms with Crippen LogP contribution < -0.4 is 5.32 Å². The van der Waals surface area contributed by atoms with Gasteiger partial charge in [0.1, 0.15) is 6.33 Å². The lowest BCUT2D eigenvalue weighted by Gasteiger charge is -2.19. The first-order valence-corrected chi connectivity index (χ1v) is 11.6. The van der Waals surface area contributed by atoms with Gasteiger partial charge in [-0.15, -0.1) is 10.2 Å². The fourth-order valence-corrected chi connectivity index (χ4v) is 4.27. The third kappa shape index (κ3) is 5.45. The predicted octanol–water partition coefficient (Wildman–Crippen LogP) is 5.08. The van der Waals surface area contributed by atoms with Crippen molar-refractivity contribution in [3.63, 3.8) is 0 Å². The number of nitrogens with zero attached hydrogens (tertiary/aromatic N) is 3. The second-order valence-corrected chi connectivity index (χ2v) is 8.70. The Morgan fingerprint density at radius 2 is 1.69 bits per heavy atom. The second-order valence-electron chi connectivity index (χ2n) is 7.76. The predicted molar refractivity (Wildman–Crippen MR) is 129 cm³/mol. The molecule has 1 N–H and O–H groups in total. The van der Waals surface area contributed by atoms with E-state index in [-0.39, 0.29) is 17.7 Å². The van der Waals surface area contributed by atoms with E-state index in [4.69, 9.17) is 0 Å². The first-order chi connectivity index (χ1) is 15.6. The smallest absolute Gasteiger partial charge is 0.230 e. The van der Waals surface area contributed by atoms with E-state index in [0.29, 0.717) is 5.16 Å². The highest BCUT2D eigenvalue weighted by molar-refractivity contribution is 7.99. The second kappa shape index (κ2) is 10.3. The van der Waals surface area contributed by atoms with Gasteiger partial charge in [0, 0.05) is 5.69 Å². The number of aromatic nitrogens is 3. The van der Waals surface area contributed by atoms with Gasteiger partial charge in [-0.2, -0.15) is 0 Å². The Morgan fingerprint density at radius 3 is 2.41 bits per heavy atom. The van der Waals surface area contributed by atoms with Gasteiger partial charge < -0.3 is 5.32 Å².